The minimum Gasteiger partial charge on any atom is -0.481 e. The van der Waals surface area contributed by atoms with E-state index in [9.17, 15) is 19.5 Å². The van der Waals surface area contributed by atoms with Crippen molar-refractivity contribution >= 4 is 18.0 Å². The molecule has 0 aliphatic heterocycles. The third kappa shape index (κ3) is 5.08. The summed E-state index contributed by atoms with van der Waals surface area (Å²) >= 11 is 0. The molecule has 2 aromatic carbocycles. The van der Waals surface area contributed by atoms with E-state index >= 15 is 0 Å². The van der Waals surface area contributed by atoms with Crippen molar-refractivity contribution in [3.8, 4) is 11.1 Å². The Morgan fingerprint density at radius 3 is 2.00 bits per heavy atom. The molecule has 0 bridgehead atoms. The Balaban J connectivity index is 1.58. The highest BCUT2D eigenvalue weighted by atomic mass is 16.5. The molecule has 3 rings (SSSR count). The quantitative estimate of drug-likeness (QED) is 0.497. The van der Waals surface area contributed by atoms with Gasteiger partial charge in [0, 0.05) is 23.9 Å². The second kappa shape index (κ2) is 9.87. The molecule has 34 heavy (non-hydrogen) atoms. The third-order valence-corrected chi connectivity index (χ3v) is 7.14. The molecule has 3 N–H and O–H groups in total. The lowest BCUT2D eigenvalue weighted by Gasteiger charge is -2.39. The maximum Gasteiger partial charge on any atom is 0.407 e. The average molecular weight is 467 g/mol. The molecule has 1 aliphatic rings. The van der Waals surface area contributed by atoms with Crippen LogP contribution in [0, 0.1) is 5.41 Å². The van der Waals surface area contributed by atoms with Crippen LogP contribution < -0.4 is 10.6 Å². The highest BCUT2D eigenvalue weighted by molar-refractivity contribution is 5.82. The minimum atomic E-state index is -1.16. The van der Waals surface area contributed by atoms with Crippen LogP contribution >= 0.6 is 0 Å². The predicted octanol–water partition coefficient (Wildman–Crippen LogP) is 4.70. The fourth-order valence-corrected chi connectivity index (χ4v) is 4.15. The summed E-state index contributed by atoms with van der Waals surface area (Å²) in [7, 11) is 0. The summed E-state index contributed by atoms with van der Waals surface area (Å²) in [5.74, 6) is -1.37. The van der Waals surface area contributed by atoms with E-state index in [1.165, 1.54) is 0 Å². The molecule has 1 aliphatic carbocycles. The Labute approximate surface area is 200 Å². The second-order valence-electron chi connectivity index (χ2n) is 9.88. The smallest absolute Gasteiger partial charge is 0.407 e. The Morgan fingerprint density at radius 2 is 1.50 bits per heavy atom. The van der Waals surface area contributed by atoms with Crippen LogP contribution in [-0.2, 0) is 14.3 Å². The first-order chi connectivity index (χ1) is 16.0. The Hall–Kier alpha value is -3.35. The topological polar surface area (TPSA) is 105 Å². The number of carbonyl (C=O) groups is 3. The number of fused-ring (bicyclic) bond motifs is 3. The van der Waals surface area contributed by atoms with Gasteiger partial charge in [-0.2, -0.15) is 0 Å². The molecular formula is C27H34N2O5. The van der Waals surface area contributed by atoms with Gasteiger partial charge in [0.05, 0.1) is 5.41 Å². The van der Waals surface area contributed by atoms with E-state index in [2.05, 4.69) is 34.9 Å². The number of rotatable bonds is 9. The average Bonchev–Trinajstić information content (AvgIpc) is 3.10. The van der Waals surface area contributed by atoms with E-state index < -0.39 is 29.1 Å². The number of carbonyl (C=O) groups excluding carboxylic acids is 2. The third-order valence-electron chi connectivity index (χ3n) is 7.14. The number of carboxylic acids is 1. The van der Waals surface area contributed by atoms with Crippen LogP contribution in [0.5, 0.6) is 0 Å². The van der Waals surface area contributed by atoms with Gasteiger partial charge < -0.3 is 20.5 Å². The summed E-state index contributed by atoms with van der Waals surface area (Å²) in [5.41, 5.74) is 2.43. The number of benzene rings is 2. The number of hydrogen-bond acceptors (Lipinski definition) is 4. The van der Waals surface area contributed by atoms with Gasteiger partial charge in [-0.3, -0.25) is 9.59 Å². The zero-order valence-electron chi connectivity index (χ0n) is 20.5. The largest absolute Gasteiger partial charge is 0.481 e. The molecule has 2 aromatic rings. The van der Waals surface area contributed by atoms with Gasteiger partial charge >= 0.3 is 12.1 Å². The number of amides is 2. The molecule has 0 saturated heterocycles. The number of ether oxygens (including phenoxy) is 1. The van der Waals surface area contributed by atoms with E-state index in [0.29, 0.717) is 6.42 Å². The summed E-state index contributed by atoms with van der Waals surface area (Å²) < 4.78 is 5.58. The van der Waals surface area contributed by atoms with Crippen molar-refractivity contribution < 1.29 is 24.2 Å². The van der Waals surface area contributed by atoms with E-state index in [-0.39, 0.29) is 24.9 Å². The predicted molar refractivity (Wildman–Crippen MR) is 131 cm³/mol. The lowest BCUT2D eigenvalue weighted by atomic mass is 9.74. The van der Waals surface area contributed by atoms with Crippen molar-refractivity contribution in [1.82, 2.24) is 10.6 Å². The van der Waals surface area contributed by atoms with E-state index in [0.717, 1.165) is 22.3 Å². The van der Waals surface area contributed by atoms with Crippen LogP contribution in [0.1, 0.15) is 64.5 Å². The molecule has 1 atom stereocenters. The first kappa shape index (κ1) is 25.3. The van der Waals surface area contributed by atoms with Crippen molar-refractivity contribution in [3.63, 3.8) is 0 Å². The van der Waals surface area contributed by atoms with Crippen molar-refractivity contribution in [2.45, 2.75) is 65.0 Å². The molecular weight excluding hydrogens is 432 g/mol. The molecule has 0 aromatic heterocycles. The number of aliphatic carboxylic acids is 1. The van der Waals surface area contributed by atoms with Gasteiger partial charge in [0.2, 0.25) is 5.91 Å². The molecule has 7 nitrogen and oxygen atoms in total. The first-order valence-corrected chi connectivity index (χ1v) is 11.6. The maximum atomic E-state index is 12.6. The van der Waals surface area contributed by atoms with Crippen LogP contribution in [0.15, 0.2) is 48.5 Å². The molecule has 7 heteroatoms. The van der Waals surface area contributed by atoms with Crippen LogP contribution in [0.2, 0.25) is 0 Å². The molecule has 0 unspecified atom stereocenters. The van der Waals surface area contributed by atoms with Gasteiger partial charge in [-0.1, -0.05) is 55.5 Å². The van der Waals surface area contributed by atoms with Crippen molar-refractivity contribution in [2.24, 2.45) is 5.41 Å². The normalized spacial score (nSPS) is 14.0. The van der Waals surface area contributed by atoms with Crippen LogP contribution in [0.25, 0.3) is 11.1 Å². The summed E-state index contributed by atoms with van der Waals surface area (Å²) in [6.45, 7) is 8.57. The van der Waals surface area contributed by atoms with Gasteiger partial charge in [-0.25, -0.2) is 4.79 Å². The standard InChI is InChI=1S/C27H34N2O5/c1-6-17(15-23(30)29-27(4,5)26(2,3)24(31)32)28-25(33)34-16-22-20-13-9-7-11-18(20)19-12-8-10-14-21(19)22/h7-14,17,22H,6,15-16H2,1-5H3,(H,28,33)(H,29,30)(H,31,32)/t17-/m0/s1. The fourth-order valence-electron chi connectivity index (χ4n) is 4.15. The van der Waals surface area contributed by atoms with Crippen molar-refractivity contribution in [3.05, 3.63) is 59.7 Å². The highest BCUT2D eigenvalue weighted by Gasteiger charge is 2.44. The molecule has 2 amide bonds. The molecule has 0 spiro atoms. The number of carboxylic acid groups (broad SMARTS) is 1. The number of alkyl carbamates (subject to hydrolysis) is 1. The van der Waals surface area contributed by atoms with Gasteiger partial charge in [0.15, 0.2) is 0 Å². The molecule has 0 heterocycles. The highest BCUT2D eigenvalue weighted by Crippen LogP contribution is 2.44. The zero-order valence-corrected chi connectivity index (χ0v) is 20.5. The molecule has 0 fully saturated rings. The van der Waals surface area contributed by atoms with Crippen molar-refractivity contribution in [1.29, 1.82) is 0 Å². The summed E-state index contributed by atoms with van der Waals surface area (Å²) in [4.78, 5) is 36.8. The minimum absolute atomic E-state index is 0.0276. The lowest BCUT2D eigenvalue weighted by Crippen LogP contribution is -2.57. The monoisotopic (exact) mass is 466 g/mol. The van der Waals surface area contributed by atoms with E-state index in [1.54, 1.807) is 27.7 Å². The van der Waals surface area contributed by atoms with Crippen LogP contribution in [-0.4, -0.2) is 41.3 Å². The van der Waals surface area contributed by atoms with Crippen molar-refractivity contribution in [2.75, 3.05) is 6.61 Å². The zero-order chi connectivity index (χ0) is 25.1. The summed E-state index contributed by atoms with van der Waals surface area (Å²) in [6, 6.07) is 15.8. The maximum absolute atomic E-state index is 12.6. The lowest BCUT2D eigenvalue weighted by molar-refractivity contribution is -0.151. The number of nitrogens with one attached hydrogen (secondary N) is 2. The fraction of sp³-hybridized carbons (Fsp3) is 0.444. The van der Waals surface area contributed by atoms with Crippen LogP contribution in [0.4, 0.5) is 4.79 Å². The summed E-state index contributed by atoms with van der Waals surface area (Å²) in [5, 5.41) is 15.1. The number of hydrogen-bond donors (Lipinski definition) is 3. The van der Waals surface area contributed by atoms with Crippen LogP contribution in [0.3, 0.4) is 0 Å². The Bertz CT molecular complexity index is 1030. The summed E-state index contributed by atoms with van der Waals surface area (Å²) in [6.07, 6.45) is -0.0214. The Morgan fingerprint density at radius 1 is 0.971 bits per heavy atom. The molecule has 0 radical (unpaired) electrons. The first-order valence-electron chi connectivity index (χ1n) is 11.6. The van der Waals surface area contributed by atoms with Gasteiger partial charge in [0.1, 0.15) is 6.61 Å². The van der Waals surface area contributed by atoms with Gasteiger partial charge in [0.25, 0.3) is 0 Å². The Kier molecular flexibility index (Phi) is 7.34. The molecule has 182 valence electrons. The van der Waals surface area contributed by atoms with Gasteiger partial charge in [-0.15, -0.1) is 0 Å². The van der Waals surface area contributed by atoms with E-state index in [4.69, 9.17) is 4.74 Å². The molecule has 0 saturated carbocycles. The van der Waals surface area contributed by atoms with Gasteiger partial charge in [-0.05, 0) is 56.4 Å². The van der Waals surface area contributed by atoms with E-state index in [1.807, 2.05) is 31.2 Å². The second-order valence-corrected chi connectivity index (χ2v) is 9.88. The SMILES string of the molecule is CC[C@@H](CC(=O)NC(C)(C)C(C)(C)C(=O)O)NC(=O)OCC1c2ccccc2-c2ccccc21.